The van der Waals surface area contributed by atoms with Crippen molar-refractivity contribution >= 4 is 5.91 Å². The van der Waals surface area contributed by atoms with Crippen molar-refractivity contribution in [3.05, 3.63) is 59.2 Å². The first kappa shape index (κ1) is 20.0. The number of amides is 1. The molecule has 0 N–H and O–H groups in total. The lowest BCUT2D eigenvalue weighted by Gasteiger charge is -2.32. The van der Waals surface area contributed by atoms with Crippen molar-refractivity contribution in [1.82, 2.24) is 19.8 Å². The van der Waals surface area contributed by atoms with Crippen LogP contribution in [0.5, 0.6) is 0 Å². The van der Waals surface area contributed by atoms with E-state index >= 15 is 0 Å². The molecule has 154 valence electrons. The molecule has 2 aliphatic heterocycles. The Morgan fingerprint density at radius 2 is 2.07 bits per heavy atom. The summed E-state index contributed by atoms with van der Waals surface area (Å²) < 4.78 is 0. The molecular weight excluding hydrogens is 360 g/mol. The van der Waals surface area contributed by atoms with Crippen LogP contribution in [0, 0.1) is 0 Å². The average Bonchev–Trinajstić information content (AvgIpc) is 2.77. The monoisotopic (exact) mass is 392 g/mol. The maximum absolute atomic E-state index is 11.7. The smallest absolute Gasteiger partial charge is 0.219 e. The van der Waals surface area contributed by atoms with E-state index in [4.69, 9.17) is 9.97 Å². The van der Waals surface area contributed by atoms with Crippen LogP contribution in [0.4, 0.5) is 0 Å². The number of rotatable bonds is 5. The molecule has 0 saturated carbocycles. The second-order valence-electron chi connectivity index (χ2n) is 8.63. The maximum Gasteiger partial charge on any atom is 0.219 e. The minimum atomic E-state index is 0.160. The molecule has 0 radical (unpaired) electrons. The second-order valence-corrected chi connectivity index (χ2v) is 8.63. The van der Waals surface area contributed by atoms with Crippen molar-refractivity contribution in [1.29, 1.82) is 0 Å². The van der Waals surface area contributed by atoms with Crippen molar-refractivity contribution in [3.63, 3.8) is 0 Å². The van der Waals surface area contributed by atoms with Crippen LogP contribution >= 0.6 is 0 Å². The summed E-state index contributed by atoms with van der Waals surface area (Å²) in [5.41, 5.74) is 3.90. The van der Waals surface area contributed by atoms with Crippen molar-refractivity contribution in [2.75, 3.05) is 26.2 Å². The maximum atomic E-state index is 11.7. The fourth-order valence-corrected chi connectivity index (χ4v) is 4.58. The predicted molar refractivity (Wildman–Crippen MR) is 115 cm³/mol. The highest BCUT2D eigenvalue weighted by molar-refractivity contribution is 5.73. The van der Waals surface area contributed by atoms with Gasteiger partial charge in [0.05, 0.1) is 0 Å². The third-order valence-electron chi connectivity index (χ3n) is 6.51. The normalized spacial score (nSPS) is 20.9. The van der Waals surface area contributed by atoms with Crippen LogP contribution < -0.4 is 0 Å². The molecule has 0 unspecified atom stereocenters. The van der Waals surface area contributed by atoms with Gasteiger partial charge in [-0.25, -0.2) is 9.97 Å². The van der Waals surface area contributed by atoms with Gasteiger partial charge < -0.3 is 4.90 Å². The van der Waals surface area contributed by atoms with Crippen molar-refractivity contribution in [3.8, 4) is 0 Å². The Kier molecular flexibility index (Phi) is 6.24. The average molecular weight is 393 g/mol. The van der Waals surface area contributed by atoms with E-state index in [1.165, 1.54) is 23.2 Å². The Labute approximate surface area is 174 Å². The largest absolute Gasteiger partial charge is 0.342 e. The summed E-state index contributed by atoms with van der Waals surface area (Å²) in [4.78, 5) is 25.8. The fourth-order valence-electron chi connectivity index (χ4n) is 4.58. The van der Waals surface area contributed by atoms with E-state index in [0.717, 1.165) is 57.8 Å². The summed E-state index contributed by atoms with van der Waals surface area (Å²) in [6.45, 7) is 8.72. The summed E-state index contributed by atoms with van der Waals surface area (Å²) in [6.07, 6.45) is 6.32. The first-order chi connectivity index (χ1) is 14.1. The van der Waals surface area contributed by atoms with Gasteiger partial charge in [-0.1, -0.05) is 37.3 Å². The van der Waals surface area contributed by atoms with Gasteiger partial charge in [-0.15, -0.1) is 0 Å². The Bertz CT molecular complexity index is 838. The standard InChI is InChI=1S/C24H32N4O/c1-18(20-7-4-3-5-8-20)10-13-27-14-11-23-22(16-27)15-25-24(26-23)21-9-6-12-28(17-21)19(2)29/h3-5,7-8,15,18,21H,6,9-14,16-17H2,1-2H3/t18-,21-/m0/s1. The Balaban J connectivity index is 1.35. The number of carbonyl (C=O) groups is 1. The lowest BCUT2D eigenvalue weighted by atomic mass is 9.96. The molecule has 4 rings (SSSR count). The molecule has 0 spiro atoms. The van der Waals surface area contributed by atoms with Gasteiger partial charge in [0.25, 0.3) is 0 Å². The minimum absolute atomic E-state index is 0.160. The third-order valence-corrected chi connectivity index (χ3v) is 6.51. The number of likely N-dealkylation sites (tertiary alicyclic amines) is 1. The van der Waals surface area contributed by atoms with Crippen molar-refractivity contribution < 1.29 is 4.79 Å². The van der Waals surface area contributed by atoms with Crippen LogP contribution in [0.2, 0.25) is 0 Å². The van der Waals surface area contributed by atoms with E-state index in [9.17, 15) is 4.79 Å². The zero-order chi connectivity index (χ0) is 20.2. The first-order valence-electron chi connectivity index (χ1n) is 11.0. The zero-order valence-corrected chi connectivity index (χ0v) is 17.7. The molecule has 5 nitrogen and oxygen atoms in total. The summed E-state index contributed by atoms with van der Waals surface area (Å²) in [5.74, 6) is 1.95. The van der Waals surface area contributed by atoms with Crippen LogP contribution in [0.15, 0.2) is 36.5 Å². The topological polar surface area (TPSA) is 49.3 Å². The van der Waals surface area contributed by atoms with Crippen LogP contribution in [-0.4, -0.2) is 51.9 Å². The molecule has 0 aliphatic carbocycles. The molecule has 2 aliphatic rings. The minimum Gasteiger partial charge on any atom is -0.342 e. The summed E-state index contributed by atoms with van der Waals surface area (Å²) in [7, 11) is 0. The second kappa shape index (κ2) is 9.04. The number of benzene rings is 1. The highest BCUT2D eigenvalue weighted by atomic mass is 16.2. The van der Waals surface area contributed by atoms with Crippen molar-refractivity contribution in [2.45, 2.75) is 57.9 Å². The molecule has 0 bridgehead atoms. The fraction of sp³-hybridized carbons (Fsp3) is 0.542. The molecule has 1 saturated heterocycles. The highest BCUT2D eigenvalue weighted by Crippen LogP contribution is 2.27. The molecule has 29 heavy (non-hydrogen) atoms. The van der Waals surface area contributed by atoms with Gasteiger partial charge in [0.2, 0.25) is 5.91 Å². The lowest BCUT2D eigenvalue weighted by Crippen LogP contribution is -2.38. The van der Waals surface area contributed by atoms with E-state index in [0.29, 0.717) is 5.92 Å². The SMILES string of the molecule is CC(=O)N1CCC[C@H](c2ncc3c(n2)CCN(CC[C@H](C)c2ccccc2)C3)C1. The van der Waals surface area contributed by atoms with E-state index in [1.807, 2.05) is 11.1 Å². The first-order valence-corrected chi connectivity index (χ1v) is 11.0. The zero-order valence-electron chi connectivity index (χ0n) is 17.7. The molecule has 1 fully saturated rings. The number of carbonyl (C=O) groups excluding carboxylic acids is 1. The van der Waals surface area contributed by atoms with Crippen LogP contribution in [0.3, 0.4) is 0 Å². The van der Waals surface area contributed by atoms with E-state index in [1.54, 1.807) is 6.92 Å². The van der Waals surface area contributed by atoms with Gasteiger partial charge in [0.1, 0.15) is 5.82 Å². The van der Waals surface area contributed by atoms with Gasteiger partial charge in [-0.2, -0.15) is 0 Å². The van der Waals surface area contributed by atoms with Gasteiger partial charge in [0.15, 0.2) is 0 Å². The number of fused-ring (bicyclic) bond motifs is 1. The van der Waals surface area contributed by atoms with Crippen LogP contribution in [0.1, 0.15) is 67.6 Å². The van der Waals surface area contributed by atoms with Crippen LogP contribution in [-0.2, 0) is 17.8 Å². The molecule has 1 aromatic carbocycles. The molecule has 1 amide bonds. The summed E-state index contributed by atoms with van der Waals surface area (Å²) >= 11 is 0. The van der Waals surface area contributed by atoms with Crippen LogP contribution in [0.25, 0.3) is 0 Å². The molecule has 3 heterocycles. The molecule has 1 aromatic heterocycles. The molecular formula is C24H32N4O. The molecule has 2 aromatic rings. The highest BCUT2D eigenvalue weighted by Gasteiger charge is 2.26. The Morgan fingerprint density at radius 1 is 1.24 bits per heavy atom. The number of hydrogen-bond acceptors (Lipinski definition) is 4. The third kappa shape index (κ3) is 4.84. The number of nitrogens with zero attached hydrogens (tertiary/aromatic N) is 4. The van der Waals surface area contributed by atoms with E-state index < -0.39 is 0 Å². The number of aromatic nitrogens is 2. The van der Waals surface area contributed by atoms with Crippen molar-refractivity contribution in [2.24, 2.45) is 0 Å². The van der Waals surface area contributed by atoms with Gasteiger partial charge in [0, 0.05) is 62.9 Å². The number of piperidine rings is 1. The number of hydrogen-bond donors (Lipinski definition) is 0. The molecule has 5 heteroatoms. The van der Waals surface area contributed by atoms with Gasteiger partial charge in [-0.05, 0) is 37.3 Å². The van der Waals surface area contributed by atoms with E-state index in [-0.39, 0.29) is 11.8 Å². The summed E-state index contributed by atoms with van der Waals surface area (Å²) in [6, 6.07) is 10.8. The lowest BCUT2D eigenvalue weighted by molar-refractivity contribution is -0.130. The quantitative estimate of drug-likeness (QED) is 0.777. The van der Waals surface area contributed by atoms with Gasteiger partial charge >= 0.3 is 0 Å². The Morgan fingerprint density at radius 3 is 2.86 bits per heavy atom. The summed E-state index contributed by atoms with van der Waals surface area (Å²) in [5, 5.41) is 0. The van der Waals surface area contributed by atoms with E-state index in [2.05, 4.69) is 42.2 Å². The molecule has 2 atom stereocenters. The van der Waals surface area contributed by atoms with Gasteiger partial charge in [-0.3, -0.25) is 9.69 Å². The predicted octanol–water partition coefficient (Wildman–Crippen LogP) is 3.75. The Hall–Kier alpha value is -2.27.